The van der Waals surface area contributed by atoms with E-state index in [0.717, 1.165) is 0 Å². The van der Waals surface area contributed by atoms with Crippen molar-refractivity contribution in [1.82, 2.24) is 5.32 Å². The number of carbonyl (C=O) groups is 2. The monoisotopic (exact) mass is 257 g/mol. The summed E-state index contributed by atoms with van der Waals surface area (Å²) >= 11 is 5.77. The van der Waals surface area contributed by atoms with E-state index in [-0.39, 0.29) is 18.5 Å². The quantitative estimate of drug-likeness (QED) is 0.839. The van der Waals surface area contributed by atoms with E-state index >= 15 is 0 Å². The molecule has 0 aliphatic carbocycles. The molecular formula is C11H12ClNO4. The first-order valence-electron chi connectivity index (χ1n) is 4.88. The minimum absolute atomic E-state index is 0.0594. The Hall–Kier alpha value is -1.75. The van der Waals surface area contributed by atoms with Gasteiger partial charge in [0.15, 0.2) is 0 Å². The Morgan fingerprint density at radius 3 is 2.76 bits per heavy atom. The van der Waals surface area contributed by atoms with Gasteiger partial charge in [-0.2, -0.15) is 0 Å². The molecule has 2 N–H and O–H groups in total. The number of aliphatic carboxylic acids is 1. The fourth-order valence-electron chi connectivity index (χ4n) is 1.24. The first-order chi connectivity index (χ1) is 8.04. The third-order valence-corrected chi connectivity index (χ3v) is 2.27. The normalized spacial score (nSPS) is 9.76. The highest BCUT2D eigenvalue weighted by molar-refractivity contribution is 6.31. The summed E-state index contributed by atoms with van der Waals surface area (Å²) in [6, 6.07) is 4.65. The second kappa shape index (κ2) is 6.10. The van der Waals surface area contributed by atoms with Crippen LogP contribution in [0, 0.1) is 0 Å². The molecule has 1 aromatic rings. The number of ether oxygens (including phenoxy) is 1. The molecule has 0 atom stereocenters. The summed E-state index contributed by atoms with van der Waals surface area (Å²) in [4.78, 5) is 22.0. The zero-order valence-electron chi connectivity index (χ0n) is 9.20. The summed E-state index contributed by atoms with van der Waals surface area (Å²) in [6.45, 7) is 0.0594. The van der Waals surface area contributed by atoms with Gasteiger partial charge in [-0.3, -0.25) is 9.59 Å². The van der Waals surface area contributed by atoms with Crippen molar-refractivity contribution in [2.24, 2.45) is 0 Å². The van der Waals surface area contributed by atoms with Gasteiger partial charge in [0.05, 0.1) is 19.1 Å². The number of hydrogen-bond acceptors (Lipinski definition) is 3. The Balaban J connectivity index is 2.73. The lowest BCUT2D eigenvalue weighted by Crippen LogP contribution is -2.26. The van der Waals surface area contributed by atoms with E-state index in [0.29, 0.717) is 10.8 Å². The number of carboxylic acids is 1. The van der Waals surface area contributed by atoms with Gasteiger partial charge in [-0.1, -0.05) is 11.6 Å². The van der Waals surface area contributed by atoms with Crippen molar-refractivity contribution in [3.63, 3.8) is 0 Å². The number of nitrogens with one attached hydrogen (secondary N) is 1. The van der Waals surface area contributed by atoms with Crippen LogP contribution in [0.25, 0.3) is 0 Å². The van der Waals surface area contributed by atoms with Gasteiger partial charge >= 0.3 is 5.97 Å². The van der Waals surface area contributed by atoms with E-state index in [1.165, 1.54) is 13.2 Å². The molecule has 1 aromatic carbocycles. The third kappa shape index (κ3) is 3.96. The number of halogens is 1. The van der Waals surface area contributed by atoms with Crippen LogP contribution < -0.4 is 10.1 Å². The molecular weight excluding hydrogens is 246 g/mol. The molecule has 0 spiro atoms. The van der Waals surface area contributed by atoms with Gasteiger partial charge in [-0.25, -0.2) is 0 Å². The van der Waals surface area contributed by atoms with E-state index in [9.17, 15) is 9.59 Å². The lowest BCUT2D eigenvalue weighted by atomic mass is 10.2. The fourth-order valence-corrected chi connectivity index (χ4v) is 1.41. The van der Waals surface area contributed by atoms with Crippen LogP contribution in [0.15, 0.2) is 18.2 Å². The van der Waals surface area contributed by atoms with E-state index in [4.69, 9.17) is 21.4 Å². The van der Waals surface area contributed by atoms with Gasteiger partial charge in [0.25, 0.3) is 5.91 Å². The van der Waals surface area contributed by atoms with Crippen molar-refractivity contribution in [2.45, 2.75) is 6.42 Å². The Bertz CT molecular complexity index is 433. The molecule has 0 fully saturated rings. The van der Waals surface area contributed by atoms with Gasteiger partial charge in [0, 0.05) is 11.6 Å². The maximum absolute atomic E-state index is 11.7. The highest BCUT2D eigenvalue weighted by atomic mass is 35.5. The standard InChI is InChI=1S/C11H12ClNO4/c1-17-9-3-2-7(12)6-8(9)11(16)13-5-4-10(14)15/h2-3,6H,4-5H2,1H3,(H,13,16)(H,14,15). The van der Waals surface area contributed by atoms with Gasteiger partial charge in [-0.15, -0.1) is 0 Å². The fraction of sp³-hybridized carbons (Fsp3) is 0.273. The van der Waals surface area contributed by atoms with Crippen LogP contribution in [0.4, 0.5) is 0 Å². The van der Waals surface area contributed by atoms with Gasteiger partial charge in [0.2, 0.25) is 0 Å². The summed E-state index contributed by atoms with van der Waals surface area (Å²) in [5.74, 6) is -0.990. The number of hydrogen-bond donors (Lipinski definition) is 2. The van der Waals surface area contributed by atoms with E-state index in [1.54, 1.807) is 12.1 Å². The Labute approximate surface area is 103 Å². The average Bonchev–Trinajstić information content (AvgIpc) is 2.28. The van der Waals surface area contributed by atoms with Crippen molar-refractivity contribution in [1.29, 1.82) is 0 Å². The predicted molar refractivity (Wildman–Crippen MR) is 62.6 cm³/mol. The molecule has 0 saturated carbocycles. The smallest absolute Gasteiger partial charge is 0.305 e. The Kier molecular flexibility index (Phi) is 4.78. The SMILES string of the molecule is COc1ccc(Cl)cc1C(=O)NCCC(=O)O. The maximum Gasteiger partial charge on any atom is 0.305 e. The van der Waals surface area contributed by atoms with Crippen LogP contribution in [0.2, 0.25) is 5.02 Å². The topological polar surface area (TPSA) is 75.6 Å². The van der Waals surface area contributed by atoms with Crippen LogP contribution in [-0.2, 0) is 4.79 Å². The molecule has 0 bridgehead atoms. The number of benzene rings is 1. The largest absolute Gasteiger partial charge is 0.496 e. The molecule has 0 radical (unpaired) electrons. The van der Waals surface area contributed by atoms with Crippen LogP contribution >= 0.6 is 11.6 Å². The molecule has 92 valence electrons. The van der Waals surface area contributed by atoms with E-state index in [2.05, 4.69) is 5.32 Å². The minimum atomic E-state index is -0.969. The lowest BCUT2D eigenvalue weighted by Gasteiger charge is -2.08. The lowest BCUT2D eigenvalue weighted by molar-refractivity contribution is -0.136. The Morgan fingerprint density at radius 2 is 2.18 bits per heavy atom. The first kappa shape index (κ1) is 13.3. The third-order valence-electron chi connectivity index (χ3n) is 2.03. The molecule has 1 amide bonds. The van der Waals surface area contributed by atoms with Crippen LogP contribution in [0.1, 0.15) is 16.8 Å². The molecule has 0 unspecified atom stereocenters. The summed E-state index contributed by atoms with van der Waals surface area (Å²) in [6.07, 6.45) is -0.130. The van der Waals surface area contributed by atoms with Crippen LogP contribution in [0.3, 0.4) is 0 Å². The molecule has 0 aromatic heterocycles. The second-order valence-corrected chi connectivity index (χ2v) is 3.68. The number of methoxy groups -OCH3 is 1. The van der Waals surface area contributed by atoms with Gasteiger partial charge in [0.1, 0.15) is 5.75 Å². The highest BCUT2D eigenvalue weighted by Crippen LogP contribution is 2.22. The van der Waals surface area contributed by atoms with Crippen LogP contribution in [0.5, 0.6) is 5.75 Å². The molecule has 1 rings (SSSR count). The zero-order chi connectivity index (χ0) is 12.8. The van der Waals surface area contributed by atoms with E-state index < -0.39 is 11.9 Å². The molecule has 0 aliphatic heterocycles. The number of carboxylic acid groups (broad SMARTS) is 1. The predicted octanol–water partition coefficient (Wildman–Crippen LogP) is 1.55. The van der Waals surface area contributed by atoms with Crippen molar-refractivity contribution in [3.05, 3.63) is 28.8 Å². The van der Waals surface area contributed by atoms with Crippen LogP contribution in [-0.4, -0.2) is 30.6 Å². The van der Waals surface area contributed by atoms with Crippen molar-refractivity contribution in [3.8, 4) is 5.75 Å². The second-order valence-electron chi connectivity index (χ2n) is 3.24. The summed E-state index contributed by atoms with van der Waals surface area (Å²) in [5.41, 5.74) is 0.283. The zero-order valence-corrected chi connectivity index (χ0v) is 9.95. The number of amides is 1. The van der Waals surface area contributed by atoms with Crippen molar-refractivity contribution in [2.75, 3.05) is 13.7 Å². The minimum Gasteiger partial charge on any atom is -0.496 e. The summed E-state index contributed by atoms with van der Waals surface area (Å²) < 4.78 is 5.01. The Morgan fingerprint density at radius 1 is 1.47 bits per heavy atom. The molecule has 6 heteroatoms. The highest BCUT2D eigenvalue weighted by Gasteiger charge is 2.12. The number of carbonyl (C=O) groups excluding carboxylic acids is 1. The first-order valence-corrected chi connectivity index (χ1v) is 5.26. The maximum atomic E-state index is 11.7. The number of rotatable bonds is 5. The average molecular weight is 258 g/mol. The van der Waals surface area contributed by atoms with Gasteiger partial charge in [-0.05, 0) is 18.2 Å². The molecule has 0 saturated heterocycles. The van der Waals surface area contributed by atoms with Gasteiger partial charge < -0.3 is 15.2 Å². The summed E-state index contributed by atoms with van der Waals surface area (Å²) in [7, 11) is 1.44. The van der Waals surface area contributed by atoms with Crippen molar-refractivity contribution < 1.29 is 19.4 Å². The molecule has 17 heavy (non-hydrogen) atoms. The van der Waals surface area contributed by atoms with E-state index in [1.807, 2.05) is 0 Å². The molecule has 0 heterocycles. The van der Waals surface area contributed by atoms with Crippen molar-refractivity contribution >= 4 is 23.5 Å². The molecule has 5 nitrogen and oxygen atoms in total. The summed E-state index contributed by atoms with van der Waals surface area (Å²) in [5, 5.41) is 11.3. The molecule has 0 aliphatic rings.